The van der Waals surface area contributed by atoms with Crippen LogP contribution in [0.1, 0.15) is 12.8 Å². The highest BCUT2D eigenvalue weighted by Gasteiger charge is 2.45. The Hall–Kier alpha value is -0.750. The predicted octanol–water partition coefficient (Wildman–Crippen LogP) is -0.0758. The molecule has 1 rings (SSSR count). The van der Waals surface area contributed by atoms with Crippen molar-refractivity contribution in [1.82, 2.24) is 4.90 Å². The van der Waals surface area contributed by atoms with Gasteiger partial charge < -0.3 is 10.0 Å². The highest BCUT2D eigenvalue weighted by molar-refractivity contribution is 5.06. The second kappa shape index (κ2) is 1.89. The Morgan fingerprint density at radius 3 is 2.44 bits per heavy atom. The first-order chi connectivity index (χ1) is 4.25. The third kappa shape index (κ3) is 0.859. The van der Waals surface area contributed by atoms with E-state index < -0.39 is 0 Å². The van der Waals surface area contributed by atoms with Crippen molar-refractivity contribution < 1.29 is 5.11 Å². The van der Waals surface area contributed by atoms with E-state index in [1.165, 1.54) is 4.90 Å². The van der Waals surface area contributed by atoms with Gasteiger partial charge in [0, 0.05) is 7.05 Å². The highest BCUT2D eigenvalue weighted by atomic mass is 16.3. The third-order valence-electron chi connectivity index (χ3n) is 1.98. The lowest BCUT2D eigenvalue weighted by Crippen LogP contribution is -2.32. The molecule has 0 bridgehead atoms. The van der Waals surface area contributed by atoms with E-state index in [4.69, 9.17) is 10.4 Å². The lowest BCUT2D eigenvalue weighted by atomic mass is 10.3. The van der Waals surface area contributed by atoms with Crippen molar-refractivity contribution in [2.45, 2.75) is 18.4 Å². The summed E-state index contributed by atoms with van der Waals surface area (Å²) >= 11 is 0. The molecule has 0 aliphatic heterocycles. The average molecular weight is 126 g/mol. The van der Waals surface area contributed by atoms with Gasteiger partial charge in [-0.3, -0.25) is 0 Å². The number of aliphatic hydroxyl groups is 1. The van der Waals surface area contributed by atoms with Crippen LogP contribution in [0.3, 0.4) is 0 Å². The molecule has 0 unspecified atom stereocenters. The zero-order chi connectivity index (χ0) is 6.91. The van der Waals surface area contributed by atoms with Crippen LogP contribution in [-0.2, 0) is 0 Å². The normalized spacial score (nSPS) is 20.6. The van der Waals surface area contributed by atoms with Crippen LogP contribution in [0.4, 0.5) is 0 Å². The average Bonchev–Trinajstić information content (AvgIpc) is 2.66. The van der Waals surface area contributed by atoms with E-state index in [1.54, 1.807) is 7.05 Å². The largest absolute Gasteiger partial charge is 0.394 e. The minimum Gasteiger partial charge on any atom is -0.394 e. The number of hydrogen-bond donors (Lipinski definition) is 1. The number of aliphatic hydroxyl groups excluding tert-OH is 1. The minimum absolute atomic E-state index is 0.108. The quantitative estimate of drug-likeness (QED) is 0.416. The van der Waals surface area contributed by atoms with Gasteiger partial charge in [0.05, 0.1) is 12.1 Å². The fraction of sp³-hybridized carbons (Fsp3) is 0.833. The number of likely N-dealkylation sites (N-methyl/N-ethyl adjacent to an activating group) is 1. The summed E-state index contributed by atoms with van der Waals surface area (Å²) in [4.78, 5) is 1.53. The van der Waals surface area contributed by atoms with Gasteiger partial charge in [0.25, 0.3) is 0 Å². The van der Waals surface area contributed by atoms with Crippen LogP contribution in [0.25, 0.3) is 0 Å². The molecule has 0 aromatic heterocycles. The molecule has 1 aliphatic carbocycles. The summed E-state index contributed by atoms with van der Waals surface area (Å²) in [7, 11) is 1.71. The topological polar surface area (TPSA) is 47.3 Å². The van der Waals surface area contributed by atoms with Gasteiger partial charge in [0.15, 0.2) is 6.19 Å². The van der Waals surface area contributed by atoms with Gasteiger partial charge >= 0.3 is 0 Å². The molecule has 0 heterocycles. The van der Waals surface area contributed by atoms with E-state index in [0.29, 0.717) is 0 Å². The summed E-state index contributed by atoms with van der Waals surface area (Å²) in [6.07, 6.45) is 3.90. The van der Waals surface area contributed by atoms with Crippen molar-refractivity contribution in [3.05, 3.63) is 0 Å². The molecule has 1 fully saturated rings. The molecule has 0 radical (unpaired) electrons. The Morgan fingerprint density at radius 2 is 2.33 bits per heavy atom. The standard InChI is InChI=1S/C6H10N2O/c1-8(5-7)6(4-9)2-3-6/h9H,2-4H2,1H3. The van der Waals surface area contributed by atoms with Crippen LogP contribution in [0.5, 0.6) is 0 Å². The fourth-order valence-corrected chi connectivity index (χ4v) is 0.850. The predicted molar refractivity (Wildman–Crippen MR) is 32.4 cm³/mol. The second-order valence-electron chi connectivity index (χ2n) is 2.54. The van der Waals surface area contributed by atoms with E-state index in [-0.39, 0.29) is 12.1 Å². The molecule has 1 N–H and O–H groups in total. The Labute approximate surface area is 54.5 Å². The van der Waals surface area contributed by atoms with Gasteiger partial charge in [0.2, 0.25) is 0 Å². The monoisotopic (exact) mass is 126 g/mol. The van der Waals surface area contributed by atoms with E-state index in [9.17, 15) is 0 Å². The van der Waals surface area contributed by atoms with Crippen LogP contribution >= 0.6 is 0 Å². The van der Waals surface area contributed by atoms with Gasteiger partial charge in [-0.15, -0.1) is 0 Å². The zero-order valence-electron chi connectivity index (χ0n) is 5.46. The molecule has 0 saturated heterocycles. The summed E-state index contributed by atoms with van der Waals surface area (Å²) in [6, 6.07) is 0. The lowest BCUT2D eigenvalue weighted by Gasteiger charge is -2.18. The van der Waals surface area contributed by atoms with Crippen LogP contribution < -0.4 is 0 Å². The molecule has 50 valence electrons. The Morgan fingerprint density at radius 1 is 1.78 bits per heavy atom. The number of rotatable bonds is 2. The number of hydrogen-bond acceptors (Lipinski definition) is 3. The maximum atomic E-state index is 8.77. The summed E-state index contributed by atoms with van der Waals surface area (Å²) in [5.74, 6) is 0. The summed E-state index contributed by atoms with van der Waals surface area (Å²) in [6.45, 7) is 0.108. The van der Waals surface area contributed by atoms with Gasteiger partial charge in [-0.2, -0.15) is 5.26 Å². The highest BCUT2D eigenvalue weighted by Crippen LogP contribution is 2.39. The smallest absolute Gasteiger partial charge is 0.179 e. The molecule has 1 saturated carbocycles. The van der Waals surface area contributed by atoms with Crippen molar-refractivity contribution >= 4 is 0 Å². The van der Waals surface area contributed by atoms with Gasteiger partial charge in [-0.05, 0) is 12.8 Å². The maximum absolute atomic E-state index is 8.77. The van der Waals surface area contributed by atoms with Gasteiger partial charge in [-0.1, -0.05) is 0 Å². The van der Waals surface area contributed by atoms with Crippen molar-refractivity contribution in [2.24, 2.45) is 0 Å². The van der Waals surface area contributed by atoms with Crippen molar-refractivity contribution in [3.63, 3.8) is 0 Å². The molecule has 0 spiro atoms. The second-order valence-corrected chi connectivity index (χ2v) is 2.54. The van der Waals surface area contributed by atoms with Crippen LogP contribution in [-0.4, -0.2) is 29.2 Å². The van der Waals surface area contributed by atoms with E-state index >= 15 is 0 Å². The fourth-order valence-electron chi connectivity index (χ4n) is 0.850. The molecule has 1 aliphatic rings. The molecule has 0 atom stereocenters. The summed E-state index contributed by atoms with van der Waals surface area (Å²) in [5, 5.41) is 17.2. The Balaban J connectivity index is 2.51. The first kappa shape index (κ1) is 6.37. The number of nitrogens with zero attached hydrogens (tertiary/aromatic N) is 2. The van der Waals surface area contributed by atoms with Crippen molar-refractivity contribution in [3.8, 4) is 6.19 Å². The molecular formula is C6H10N2O. The van der Waals surface area contributed by atoms with E-state index in [1.807, 2.05) is 6.19 Å². The van der Waals surface area contributed by atoms with E-state index in [2.05, 4.69) is 0 Å². The SMILES string of the molecule is CN(C#N)C1(CO)CC1. The van der Waals surface area contributed by atoms with Crippen LogP contribution in [0.2, 0.25) is 0 Å². The minimum atomic E-state index is -0.172. The van der Waals surface area contributed by atoms with Crippen molar-refractivity contribution in [1.29, 1.82) is 5.26 Å². The molecule has 3 nitrogen and oxygen atoms in total. The van der Waals surface area contributed by atoms with Crippen LogP contribution in [0.15, 0.2) is 0 Å². The number of nitriles is 1. The molecular weight excluding hydrogens is 116 g/mol. The van der Waals surface area contributed by atoms with Crippen molar-refractivity contribution in [2.75, 3.05) is 13.7 Å². The molecule has 0 aromatic carbocycles. The summed E-state index contributed by atoms with van der Waals surface area (Å²) < 4.78 is 0. The molecule has 0 aromatic rings. The molecule has 3 heteroatoms. The van der Waals surface area contributed by atoms with E-state index in [0.717, 1.165) is 12.8 Å². The third-order valence-corrected chi connectivity index (χ3v) is 1.98. The Bertz CT molecular complexity index is 146. The lowest BCUT2D eigenvalue weighted by molar-refractivity contribution is 0.172. The maximum Gasteiger partial charge on any atom is 0.179 e. The first-order valence-electron chi connectivity index (χ1n) is 2.99. The van der Waals surface area contributed by atoms with Gasteiger partial charge in [0.1, 0.15) is 0 Å². The zero-order valence-corrected chi connectivity index (χ0v) is 5.46. The molecule has 0 amide bonds. The summed E-state index contributed by atoms with van der Waals surface area (Å²) in [5.41, 5.74) is -0.172. The molecule has 9 heavy (non-hydrogen) atoms. The van der Waals surface area contributed by atoms with Gasteiger partial charge in [-0.25, -0.2) is 0 Å². The first-order valence-corrected chi connectivity index (χ1v) is 2.99. The Kier molecular flexibility index (Phi) is 1.34. The van der Waals surface area contributed by atoms with Crippen LogP contribution in [0, 0.1) is 11.5 Å².